The molecule has 0 heterocycles. The van der Waals surface area contributed by atoms with Crippen LogP contribution in [0.4, 0.5) is 0 Å². The highest BCUT2D eigenvalue weighted by molar-refractivity contribution is 6.45. The van der Waals surface area contributed by atoms with Crippen molar-refractivity contribution < 1.29 is 19.1 Å². The summed E-state index contributed by atoms with van der Waals surface area (Å²) in [5, 5.41) is 0.384. The molecule has 0 N–H and O–H groups in total. The number of hydrogen-bond donors (Lipinski definition) is 0. The monoisotopic (exact) mass is 378 g/mol. The van der Waals surface area contributed by atoms with Crippen LogP contribution in [0.25, 0.3) is 0 Å². The van der Waals surface area contributed by atoms with E-state index in [0.29, 0.717) is 29.8 Å². The van der Waals surface area contributed by atoms with Crippen LogP contribution in [0, 0.1) is 0 Å². The zero-order chi connectivity index (χ0) is 17.8. The number of carbonyl (C=O) groups excluding carboxylic acids is 2. The highest BCUT2D eigenvalue weighted by Crippen LogP contribution is 2.37. The summed E-state index contributed by atoms with van der Waals surface area (Å²) >= 11 is 12.6. The molecule has 6 heteroatoms. The van der Waals surface area contributed by atoms with Crippen molar-refractivity contribution in [1.29, 1.82) is 0 Å². The zero-order valence-electron chi connectivity index (χ0n) is 13.3. The first-order valence-electron chi connectivity index (χ1n) is 7.93. The molecule has 0 bridgehead atoms. The van der Waals surface area contributed by atoms with Gasteiger partial charge in [0, 0.05) is 17.5 Å². The Bertz CT molecular complexity index is 776. The van der Waals surface area contributed by atoms with Gasteiger partial charge in [0.25, 0.3) is 6.47 Å². The lowest BCUT2D eigenvalue weighted by atomic mass is 10.0. The van der Waals surface area contributed by atoms with E-state index < -0.39 is 0 Å². The molecule has 1 aliphatic rings. The number of ether oxygens (including phenoxy) is 2. The average Bonchev–Trinajstić information content (AvgIpc) is 3.07. The van der Waals surface area contributed by atoms with Crippen LogP contribution in [-0.2, 0) is 9.53 Å². The van der Waals surface area contributed by atoms with Gasteiger partial charge in [-0.1, -0.05) is 53.5 Å². The van der Waals surface area contributed by atoms with Crippen LogP contribution >= 0.6 is 23.2 Å². The Morgan fingerprint density at radius 2 is 1.72 bits per heavy atom. The number of halogens is 2. The maximum atomic E-state index is 12.6. The first kappa shape index (κ1) is 17.8. The molecule has 0 spiro atoms. The predicted octanol–water partition coefficient (Wildman–Crippen LogP) is 4.70. The molecule has 4 nitrogen and oxygen atoms in total. The molecular formula is C19H16Cl2O4. The molecule has 0 aliphatic heterocycles. The lowest BCUT2D eigenvalue weighted by molar-refractivity contribution is -0.133. The van der Waals surface area contributed by atoms with Crippen LogP contribution in [0.5, 0.6) is 5.75 Å². The Kier molecular flexibility index (Phi) is 5.61. The molecule has 2 aromatic carbocycles. The lowest BCUT2D eigenvalue weighted by Crippen LogP contribution is -2.15. The highest BCUT2D eigenvalue weighted by Gasteiger charge is 2.28. The van der Waals surface area contributed by atoms with Crippen molar-refractivity contribution in [3.63, 3.8) is 0 Å². The van der Waals surface area contributed by atoms with Crippen molar-refractivity contribution in [2.24, 2.45) is 0 Å². The van der Waals surface area contributed by atoms with Crippen LogP contribution < -0.4 is 4.74 Å². The van der Waals surface area contributed by atoms with Crippen molar-refractivity contribution in [1.82, 2.24) is 0 Å². The molecule has 0 aromatic heterocycles. The summed E-state index contributed by atoms with van der Waals surface area (Å²) in [6.45, 7) is 0.459. The van der Waals surface area contributed by atoms with E-state index in [1.54, 1.807) is 36.4 Å². The summed E-state index contributed by atoms with van der Waals surface area (Å²) < 4.78 is 10.8. The minimum Gasteiger partial charge on any atom is -0.489 e. The molecule has 1 aliphatic carbocycles. The smallest absolute Gasteiger partial charge is 0.293 e. The van der Waals surface area contributed by atoms with Gasteiger partial charge >= 0.3 is 0 Å². The second-order valence-electron chi connectivity index (χ2n) is 5.84. The molecule has 25 heavy (non-hydrogen) atoms. The Morgan fingerprint density at radius 3 is 2.44 bits per heavy atom. The van der Waals surface area contributed by atoms with E-state index in [2.05, 4.69) is 0 Å². The van der Waals surface area contributed by atoms with Crippen molar-refractivity contribution in [2.75, 3.05) is 0 Å². The van der Waals surface area contributed by atoms with E-state index in [1.807, 2.05) is 6.07 Å². The molecule has 0 saturated heterocycles. The van der Waals surface area contributed by atoms with E-state index in [1.165, 1.54) is 0 Å². The average molecular weight is 379 g/mol. The summed E-state index contributed by atoms with van der Waals surface area (Å²) in [4.78, 5) is 23.0. The van der Waals surface area contributed by atoms with Crippen LogP contribution in [-0.4, -0.2) is 24.5 Å². The second kappa shape index (κ2) is 7.89. The quantitative estimate of drug-likeness (QED) is 0.540. The summed E-state index contributed by atoms with van der Waals surface area (Å²) in [5.74, 6) is 0.229. The molecule has 0 unspecified atom stereocenters. The van der Waals surface area contributed by atoms with Gasteiger partial charge in [0.05, 0.1) is 5.02 Å². The number of benzene rings is 2. The molecule has 0 radical (unpaired) electrons. The fourth-order valence-corrected chi connectivity index (χ4v) is 3.38. The minimum atomic E-state index is -0.195. The zero-order valence-corrected chi connectivity index (χ0v) is 14.8. The van der Waals surface area contributed by atoms with Crippen LogP contribution in [0.2, 0.25) is 10.0 Å². The summed E-state index contributed by atoms with van der Waals surface area (Å²) in [6, 6.07) is 12.1. The van der Waals surface area contributed by atoms with Gasteiger partial charge in [-0.25, -0.2) is 0 Å². The third kappa shape index (κ3) is 3.97. The number of ketones is 1. The Labute approximate surface area is 155 Å². The largest absolute Gasteiger partial charge is 0.489 e. The first-order chi connectivity index (χ1) is 12.1. The van der Waals surface area contributed by atoms with E-state index in [-0.39, 0.29) is 28.0 Å². The van der Waals surface area contributed by atoms with Crippen LogP contribution in [0.3, 0.4) is 0 Å². The van der Waals surface area contributed by atoms with E-state index in [9.17, 15) is 9.59 Å². The number of rotatable bonds is 6. The van der Waals surface area contributed by atoms with Crippen molar-refractivity contribution in [3.8, 4) is 5.75 Å². The van der Waals surface area contributed by atoms with Crippen LogP contribution in [0.15, 0.2) is 42.5 Å². The summed E-state index contributed by atoms with van der Waals surface area (Å²) in [6.07, 6.45) is 1.89. The van der Waals surface area contributed by atoms with Gasteiger partial charge < -0.3 is 9.47 Å². The highest BCUT2D eigenvalue weighted by atomic mass is 35.5. The van der Waals surface area contributed by atoms with E-state index in [0.717, 1.165) is 12.8 Å². The topological polar surface area (TPSA) is 52.6 Å². The van der Waals surface area contributed by atoms with Gasteiger partial charge in [0.2, 0.25) is 0 Å². The third-order valence-electron chi connectivity index (χ3n) is 4.21. The Balaban J connectivity index is 1.77. The molecule has 3 rings (SSSR count). The molecule has 1 saturated carbocycles. The van der Waals surface area contributed by atoms with Crippen LogP contribution in [0.1, 0.15) is 35.2 Å². The van der Waals surface area contributed by atoms with Gasteiger partial charge in [0.1, 0.15) is 23.0 Å². The van der Waals surface area contributed by atoms with E-state index >= 15 is 0 Å². The summed E-state index contributed by atoms with van der Waals surface area (Å²) in [5.41, 5.74) is 0.873. The Morgan fingerprint density at radius 1 is 1.00 bits per heavy atom. The minimum absolute atomic E-state index is 0.103. The molecule has 0 amide bonds. The summed E-state index contributed by atoms with van der Waals surface area (Å²) in [7, 11) is 0. The molecule has 2 atom stereocenters. The van der Waals surface area contributed by atoms with Gasteiger partial charge in [0.15, 0.2) is 5.78 Å². The van der Waals surface area contributed by atoms with Crippen molar-refractivity contribution >= 4 is 35.5 Å². The fraction of sp³-hybridized carbons (Fsp3) is 0.263. The number of hydrogen-bond acceptors (Lipinski definition) is 4. The van der Waals surface area contributed by atoms with E-state index in [4.69, 9.17) is 32.7 Å². The standard InChI is InChI=1S/C19H16Cl2O4/c20-17-15(19(23)12-4-2-1-3-5-12)8-9-16(18(17)21)25-14-7-6-13(10-14)24-11-22/h1-5,8-9,11,13-14H,6-7,10H2/t13-,14-/m0/s1. The second-order valence-corrected chi connectivity index (χ2v) is 6.60. The Hall–Kier alpha value is -2.04. The van der Waals surface area contributed by atoms with Gasteiger partial charge in [-0.2, -0.15) is 0 Å². The molecular weight excluding hydrogens is 363 g/mol. The first-order valence-corrected chi connectivity index (χ1v) is 8.69. The predicted molar refractivity (Wildman–Crippen MR) is 95.5 cm³/mol. The number of carbonyl (C=O) groups is 2. The van der Waals surface area contributed by atoms with Crippen molar-refractivity contribution in [2.45, 2.75) is 31.5 Å². The molecule has 130 valence electrons. The van der Waals surface area contributed by atoms with Gasteiger partial charge in [-0.15, -0.1) is 0 Å². The maximum Gasteiger partial charge on any atom is 0.293 e. The maximum absolute atomic E-state index is 12.6. The lowest BCUT2D eigenvalue weighted by Gasteiger charge is -2.16. The van der Waals surface area contributed by atoms with Gasteiger partial charge in [-0.05, 0) is 25.0 Å². The fourth-order valence-electron chi connectivity index (χ4n) is 2.93. The van der Waals surface area contributed by atoms with Crippen molar-refractivity contribution in [3.05, 3.63) is 63.6 Å². The molecule has 2 aromatic rings. The molecule has 1 fully saturated rings. The normalized spacial score (nSPS) is 19.4. The van der Waals surface area contributed by atoms with Gasteiger partial charge in [-0.3, -0.25) is 9.59 Å². The third-order valence-corrected chi connectivity index (χ3v) is 5.07. The SMILES string of the molecule is O=CO[C@H]1CC[C@H](Oc2ccc(C(=O)c3ccccc3)c(Cl)c2Cl)C1.